The minimum atomic E-state index is 0.343. The van der Waals surface area contributed by atoms with Gasteiger partial charge in [0.15, 0.2) is 0 Å². The van der Waals surface area contributed by atoms with Crippen LogP contribution in [0.25, 0.3) is 10.2 Å². The summed E-state index contributed by atoms with van der Waals surface area (Å²) in [7, 11) is 0. The Bertz CT molecular complexity index is 617. The molecule has 3 heterocycles. The molecule has 0 radical (unpaired) electrons. The Morgan fingerprint density at radius 3 is 2.89 bits per heavy atom. The second kappa shape index (κ2) is 4.34. The van der Waals surface area contributed by atoms with Crippen LogP contribution in [-0.2, 0) is 0 Å². The van der Waals surface area contributed by atoms with Crippen LogP contribution < -0.4 is 10.6 Å². The summed E-state index contributed by atoms with van der Waals surface area (Å²) in [5.74, 6) is 1.40. The lowest BCUT2D eigenvalue weighted by atomic mass is 9.84. The number of aromatic nitrogens is 2. The van der Waals surface area contributed by atoms with Gasteiger partial charge in [-0.15, -0.1) is 11.3 Å². The van der Waals surface area contributed by atoms with Crippen LogP contribution in [0.15, 0.2) is 6.07 Å². The van der Waals surface area contributed by atoms with Crippen molar-refractivity contribution in [2.24, 2.45) is 5.41 Å². The molecule has 0 aromatic carbocycles. The second-order valence-corrected chi connectivity index (χ2v) is 7.41. The van der Waals surface area contributed by atoms with Crippen molar-refractivity contribution in [1.82, 2.24) is 9.97 Å². The first-order chi connectivity index (χ1) is 8.94. The molecule has 3 rings (SSSR count). The molecular formula is C14H20N4S. The van der Waals surface area contributed by atoms with Crippen molar-refractivity contribution in [1.29, 1.82) is 0 Å². The van der Waals surface area contributed by atoms with E-state index in [2.05, 4.69) is 41.7 Å². The molecule has 0 saturated carbocycles. The predicted octanol–water partition coefficient (Wildman–Crippen LogP) is 3.21. The minimum absolute atomic E-state index is 0.343. The van der Waals surface area contributed by atoms with Gasteiger partial charge in [0, 0.05) is 18.0 Å². The first kappa shape index (κ1) is 12.7. The van der Waals surface area contributed by atoms with Gasteiger partial charge in [-0.05, 0) is 31.2 Å². The maximum absolute atomic E-state index is 5.87. The van der Waals surface area contributed by atoms with Crippen LogP contribution in [0.1, 0.15) is 31.6 Å². The maximum atomic E-state index is 5.87. The van der Waals surface area contributed by atoms with Crippen molar-refractivity contribution in [2.75, 3.05) is 23.7 Å². The molecule has 5 heteroatoms. The van der Waals surface area contributed by atoms with E-state index < -0.39 is 0 Å². The molecular weight excluding hydrogens is 256 g/mol. The Morgan fingerprint density at radius 2 is 2.16 bits per heavy atom. The van der Waals surface area contributed by atoms with E-state index in [1.807, 2.05) is 0 Å². The summed E-state index contributed by atoms with van der Waals surface area (Å²) in [5, 5.41) is 1.15. The first-order valence-electron chi connectivity index (χ1n) is 6.73. The largest absolute Gasteiger partial charge is 0.368 e. The number of rotatable bonds is 1. The monoisotopic (exact) mass is 276 g/mol. The van der Waals surface area contributed by atoms with E-state index in [4.69, 9.17) is 5.73 Å². The van der Waals surface area contributed by atoms with E-state index in [1.165, 1.54) is 17.7 Å². The average molecular weight is 276 g/mol. The van der Waals surface area contributed by atoms with E-state index in [9.17, 15) is 0 Å². The lowest BCUT2D eigenvalue weighted by molar-refractivity contribution is 0.292. The van der Waals surface area contributed by atoms with Gasteiger partial charge >= 0.3 is 0 Å². The smallest absolute Gasteiger partial charge is 0.223 e. The van der Waals surface area contributed by atoms with Crippen LogP contribution in [0, 0.1) is 12.3 Å². The van der Waals surface area contributed by atoms with E-state index in [-0.39, 0.29) is 0 Å². The van der Waals surface area contributed by atoms with Crippen molar-refractivity contribution in [3.8, 4) is 0 Å². The van der Waals surface area contributed by atoms with Crippen molar-refractivity contribution < 1.29 is 0 Å². The van der Waals surface area contributed by atoms with Crippen LogP contribution >= 0.6 is 11.3 Å². The van der Waals surface area contributed by atoms with Crippen LogP contribution in [-0.4, -0.2) is 23.1 Å². The van der Waals surface area contributed by atoms with Gasteiger partial charge in [-0.2, -0.15) is 4.98 Å². The van der Waals surface area contributed by atoms with Crippen molar-refractivity contribution >= 4 is 33.3 Å². The molecule has 2 aromatic heterocycles. The standard InChI is InChI=1S/C14H20N4S/c1-9-7-10-11(16-13(15)17-12(10)19-9)18-6-4-5-14(2,3)8-18/h7H,4-6,8H2,1-3H3,(H2,15,16,17). The quantitative estimate of drug-likeness (QED) is 0.869. The third-order valence-corrected chi connectivity index (χ3v) is 4.66. The predicted molar refractivity (Wildman–Crippen MR) is 81.8 cm³/mol. The minimum Gasteiger partial charge on any atom is -0.368 e. The lowest BCUT2D eigenvalue weighted by Crippen LogP contribution is -2.40. The van der Waals surface area contributed by atoms with Crippen LogP contribution in [0.3, 0.4) is 0 Å². The molecule has 102 valence electrons. The Morgan fingerprint density at radius 1 is 1.37 bits per heavy atom. The summed E-state index contributed by atoms with van der Waals surface area (Å²) < 4.78 is 0. The molecule has 2 aromatic rings. The molecule has 0 spiro atoms. The molecule has 0 amide bonds. The Kier molecular flexibility index (Phi) is 2.89. The van der Waals surface area contributed by atoms with E-state index in [1.54, 1.807) is 11.3 Å². The van der Waals surface area contributed by atoms with E-state index in [0.717, 1.165) is 29.1 Å². The summed E-state index contributed by atoms with van der Waals surface area (Å²) in [5.41, 5.74) is 6.21. The number of nitrogens with zero attached hydrogens (tertiary/aromatic N) is 3. The molecule has 19 heavy (non-hydrogen) atoms. The summed E-state index contributed by atoms with van der Waals surface area (Å²) in [4.78, 5) is 13.5. The van der Waals surface area contributed by atoms with Gasteiger partial charge in [0.25, 0.3) is 0 Å². The summed E-state index contributed by atoms with van der Waals surface area (Å²) in [6.45, 7) is 8.84. The van der Waals surface area contributed by atoms with E-state index >= 15 is 0 Å². The molecule has 1 saturated heterocycles. The molecule has 1 aliphatic heterocycles. The highest BCUT2D eigenvalue weighted by atomic mass is 32.1. The highest BCUT2D eigenvalue weighted by Crippen LogP contribution is 2.36. The number of thiophene rings is 1. The van der Waals surface area contributed by atoms with Gasteiger partial charge in [0.05, 0.1) is 5.39 Å². The fourth-order valence-electron chi connectivity index (χ4n) is 2.89. The fourth-order valence-corrected chi connectivity index (χ4v) is 3.77. The maximum Gasteiger partial charge on any atom is 0.223 e. The summed E-state index contributed by atoms with van der Waals surface area (Å²) >= 11 is 1.69. The topological polar surface area (TPSA) is 55.0 Å². The number of nitrogens with two attached hydrogens (primary N) is 1. The third-order valence-electron chi connectivity index (χ3n) is 3.71. The van der Waals surface area contributed by atoms with Crippen molar-refractivity contribution in [2.45, 2.75) is 33.6 Å². The van der Waals surface area contributed by atoms with Crippen LogP contribution in [0.4, 0.5) is 11.8 Å². The van der Waals surface area contributed by atoms with Gasteiger partial charge in [0.1, 0.15) is 10.6 Å². The molecule has 2 N–H and O–H groups in total. The summed E-state index contributed by atoms with van der Waals surface area (Å²) in [6.07, 6.45) is 2.48. The molecule has 0 unspecified atom stereocenters. The first-order valence-corrected chi connectivity index (χ1v) is 7.55. The van der Waals surface area contributed by atoms with Gasteiger partial charge in [-0.1, -0.05) is 13.8 Å². The number of piperidine rings is 1. The van der Waals surface area contributed by atoms with Gasteiger partial charge in [-0.25, -0.2) is 4.98 Å². The molecule has 1 aliphatic rings. The zero-order chi connectivity index (χ0) is 13.6. The normalized spacial score (nSPS) is 19.0. The summed E-state index contributed by atoms with van der Waals surface area (Å²) in [6, 6.07) is 2.18. The van der Waals surface area contributed by atoms with Crippen molar-refractivity contribution in [3.05, 3.63) is 10.9 Å². The number of hydrogen-bond donors (Lipinski definition) is 1. The average Bonchev–Trinajstić information content (AvgIpc) is 2.66. The number of fused-ring (bicyclic) bond motifs is 1. The van der Waals surface area contributed by atoms with E-state index in [0.29, 0.717) is 11.4 Å². The highest BCUT2D eigenvalue weighted by molar-refractivity contribution is 7.18. The Balaban J connectivity index is 2.08. The highest BCUT2D eigenvalue weighted by Gasteiger charge is 2.28. The second-order valence-electron chi connectivity index (χ2n) is 6.17. The fraction of sp³-hybridized carbons (Fsp3) is 0.571. The van der Waals surface area contributed by atoms with Crippen LogP contribution in [0.5, 0.6) is 0 Å². The number of hydrogen-bond acceptors (Lipinski definition) is 5. The zero-order valence-electron chi connectivity index (χ0n) is 11.7. The van der Waals surface area contributed by atoms with Gasteiger partial charge < -0.3 is 10.6 Å². The third kappa shape index (κ3) is 2.39. The van der Waals surface area contributed by atoms with Gasteiger partial charge in [-0.3, -0.25) is 0 Å². The Hall–Kier alpha value is -1.36. The number of anilines is 2. The molecule has 0 bridgehead atoms. The lowest BCUT2D eigenvalue weighted by Gasteiger charge is -2.38. The number of aryl methyl sites for hydroxylation is 1. The van der Waals surface area contributed by atoms with Crippen molar-refractivity contribution in [3.63, 3.8) is 0 Å². The zero-order valence-corrected chi connectivity index (χ0v) is 12.5. The number of nitrogen functional groups attached to an aromatic ring is 1. The molecule has 0 atom stereocenters. The molecule has 1 fully saturated rings. The molecule has 4 nitrogen and oxygen atoms in total. The Labute approximate surface area is 117 Å². The SMILES string of the molecule is Cc1cc2c(N3CCCC(C)(C)C3)nc(N)nc2s1. The van der Waals surface area contributed by atoms with Crippen LogP contribution in [0.2, 0.25) is 0 Å². The molecule has 0 aliphatic carbocycles. The van der Waals surface area contributed by atoms with Gasteiger partial charge in [0.2, 0.25) is 5.95 Å².